The van der Waals surface area contributed by atoms with Gasteiger partial charge in [0.05, 0.1) is 6.10 Å². The van der Waals surface area contributed by atoms with Gasteiger partial charge in [0.25, 0.3) is 0 Å². The second kappa shape index (κ2) is 8.70. The van der Waals surface area contributed by atoms with E-state index in [9.17, 15) is 0 Å². The Hall–Kier alpha value is -0.520. The van der Waals surface area contributed by atoms with Crippen molar-refractivity contribution >= 4 is 11.3 Å². The molecule has 2 rings (SSSR count). The Bertz CT molecular complexity index is 375. The quantitative estimate of drug-likeness (QED) is 0.749. The third-order valence-electron chi connectivity index (χ3n) is 3.58. The molecule has 0 bridgehead atoms. The number of ether oxygens (including phenoxy) is 1. The molecule has 1 atom stereocenters. The van der Waals surface area contributed by atoms with Gasteiger partial charge in [-0.1, -0.05) is 13.8 Å². The van der Waals surface area contributed by atoms with Gasteiger partial charge in [-0.25, -0.2) is 0 Å². The second-order valence-electron chi connectivity index (χ2n) is 5.83. The van der Waals surface area contributed by atoms with Gasteiger partial charge in [0.15, 0.2) is 0 Å². The van der Waals surface area contributed by atoms with Gasteiger partial charge in [0.1, 0.15) is 10.0 Å². The van der Waals surface area contributed by atoms with Crippen LogP contribution in [0.4, 0.5) is 0 Å². The van der Waals surface area contributed by atoms with Gasteiger partial charge in [-0.3, -0.25) is 0 Å². The standard InChI is InChI=1S/C15H27N3OS/c1-12(2)16-10-5-7-14-17-18-15(20-14)9-8-13-6-3-4-11-19-13/h12-13,16H,3-11H2,1-2H3. The van der Waals surface area contributed by atoms with Gasteiger partial charge >= 0.3 is 0 Å². The minimum atomic E-state index is 0.450. The molecule has 1 aliphatic rings. The molecule has 4 nitrogen and oxygen atoms in total. The number of hydrogen-bond acceptors (Lipinski definition) is 5. The molecule has 0 aliphatic carbocycles. The topological polar surface area (TPSA) is 47.0 Å². The van der Waals surface area contributed by atoms with E-state index in [2.05, 4.69) is 29.4 Å². The van der Waals surface area contributed by atoms with Crippen molar-refractivity contribution in [3.8, 4) is 0 Å². The van der Waals surface area contributed by atoms with Crippen molar-refractivity contribution < 1.29 is 4.74 Å². The zero-order chi connectivity index (χ0) is 14.2. The first-order valence-electron chi connectivity index (χ1n) is 7.90. The van der Waals surface area contributed by atoms with Gasteiger partial charge in [-0.15, -0.1) is 21.5 Å². The summed E-state index contributed by atoms with van der Waals surface area (Å²) in [5.74, 6) is 0. The molecular weight excluding hydrogens is 270 g/mol. The maximum atomic E-state index is 5.76. The van der Waals surface area contributed by atoms with Crippen LogP contribution in [0.5, 0.6) is 0 Å². The fourth-order valence-corrected chi connectivity index (χ4v) is 3.34. The first kappa shape index (κ1) is 15.9. The van der Waals surface area contributed by atoms with Crippen LogP contribution in [0.3, 0.4) is 0 Å². The molecule has 1 N–H and O–H groups in total. The minimum Gasteiger partial charge on any atom is -0.378 e. The van der Waals surface area contributed by atoms with Crippen LogP contribution in [-0.4, -0.2) is 35.5 Å². The molecule has 2 heterocycles. The Balaban J connectivity index is 1.63. The summed E-state index contributed by atoms with van der Waals surface area (Å²) in [7, 11) is 0. The molecule has 0 saturated carbocycles. The Labute approximate surface area is 126 Å². The van der Waals surface area contributed by atoms with Crippen LogP contribution in [-0.2, 0) is 17.6 Å². The number of nitrogens with one attached hydrogen (secondary N) is 1. The van der Waals surface area contributed by atoms with Gasteiger partial charge in [0, 0.05) is 25.5 Å². The third-order valence-corrected chi connectivity index (χ3v) is 4.63. The predicted octanol–water partition coefficient (Wildman–Crippen LogP) is 2.97. The highest BCUT2D eigenvalue weighted by Gasteiger charge is 2.14. The molecule has 0 aromatic carbocycles. The summed E-state index contributed by atoms with van der Waals surface area (Å²) in [4.78, 5) is 0. The monoisotopic (exact) mass is 297 g/mol. The Morgan fingerprint density at radius 1 is 1.25 bits per heavy atom. The largest absolute Gasteiger partial charge is 0.378 e. The van der Waals surface area contributed by atoms with Crippen molar-refractivity contribution in [2.75, 3.05) is 13.2 Å². The van der Waals surface area contributed by atoms with Gasteiger partial charge in [0.2, 0.25) is 0 Å². The van der Waals surface area contributed by atoms with Crippen LogP contribution in [0, 0.1) is 0 Å². The van der Waals surface area contributed by atoms with E-state index in [-0.39, 0.29) is 0 Å². The molecule has 1 fully saturated rings. The summed E-state index contributed by atoms with van der Waals surface area (Å²) in [5, 5.41) is 14.4. The summed E-state index contributed by atoms with van der Waals surface area (Å²) < 4.78 is 5.76. The predicted molar refractivity (Wildman–Crippen MR) is 83.3 cm³/mol. The molecule has 1 unspecified atom stereocenters. The lowest BCUT2D eigenvalue weighted by molar-refractivity contribution is 0.0115. The van der Waals surface area contributed by atoms with Crippen molar-refractivity contribution in [1.82, 2.24) is 15.5 Å². The van der Waals surface area contributed by atoms with Crippen LogP contribution in [0.25, 0.3) is 0 Å². The molecule has 1 aromatic heterocycles. The molecular formula is C15H27N3OS. The van der Waals surface area contributed by atoms with E-state index >= 15 is 0 Å². The summed E-state index contributed by atoms with van der Waals surface area (Å²) in [6.07, 6.45) is 8.50. The lowest BCUT2D eigenvalue weighted by atomic mass is 10.1. The summed E-state index contributed by atoms with van der Waals surface area (Å²) in [5.41, 5.74) is 0. The van der Waals surface area contributed by atoms with Gasteiger partial charge < -0.3 is 10.1 Å². The lowest BCUT2D eigenvalue weighted by Crippen LogP contribution is -2.23. The Kier molecular flexibility index (Phi) is 6.90. The molecule has 5 heteroatoms. The number of hydrogen-bond donors (Lipinski definition) is 1. The normalized spacial score (nSPS) is 19.6. The Morgan fingerprint density at radius 2 is 2.05 bits per heavy atom. The van der Waals surface area contributed by atoms with E-state index in [1.807, 2.05) is 0 Å². The average molecular weight is 297 g/mol. The number of aromatic nitrogens is 2. The molecule has 1 aliphatic heterocycles. The van der Waals surface area contributed by atoms with Crippen molar-refractivity contribution in [2.45, 2.75) is 70.9 Å². The fraction of sp³-hybridized carbons (Fsp3) is 0.867. The first-order valence-corrected chi connectivity index (χ1v) is 8.72. The highest BCUT2D eigenvalue weighted by Crippen LogP contribution is 2.19. The number of nitrogens with zero attached hydrogens (tertiary/aromatic N) is 2. The molecule has 0 radical (unpaired) electrons. The van der Waals surface area contributed by atoms with Gasteiger partial charge in [-0.05, 0) is 38.6 Å². The zero-order valence-electron chi connectivity index (χ0n) is 12.7. The maximum absolute atomic E-state index is 5.76. The van der Waals surface area contributed by atoms with Crippen molar-refractivity contribution in [2.24, 2.45) is 0 Å². The zero-order valence-corrected chi connectivity index (χ0v) is 13.5. The van der Waals surface area contributed by atoms with Crippen LogP contribution in [0.1, 0.15) is 56.0 Å². The van der Waals surface area contributed by atoms with E-state index in [0.29, 0.717) is 12.1 Å². The van der Waals surface area contributed by atoms with Crippen molar-refractivity contribution in [3.63, 3.8) is 0 Å². The molecule has 114 valence electrons. The lowest BCUT2D eigenvalue weighted by Gasteiger charge is -2.21. The molecule has 1 aromatic rings. The van der Waals surface area contributed by atoms with Crippen LogP contribution >= 0.6 is 11.3 Å². The molecule has 0 spiro atoms. The fourth-order valence-electron chi connectivity index (χ4n) is 2.44. The van der Waals surface area contributed by atoms with Crippen LogP contribution in [0.2, 0.25) is 0 Å². The third kappa shape index (κ3) is 5.85. The average Bonchev–Trinajstić information content (AvgIpc) is 2.90. The number of aryl methyl sites for hydroxylation is 2. The summed E-state index contributed by atoms with van der Waals surface area (Å²) in [6, 6.07) is 0.565. The highest BCUT2D eigenvalue weighted by molar-refractivity contribution is 7.11. The van der Waals surface area contributed by atoms with Crippen molar-refractivity contribution in [3.05, 3.63) is 10.0 Å². The van der Waals surface area contributed by atoms with Crippen molar-refractivity contribution in [1.29, 1.82) is 0 Å². The van der Waals surface area contributed by atoms with E-state index in [1.54, 1.807) is 11.3 Å². The first-order chi connectivity index (χ1) is 9.74. The van der Waals surface area contributed by atoms with E-state index < -0.39 is 0 Å². The molecule has 1 saturated heterocycles. The highest BCUT2D eigenvalue weighted by atomic mass is 32.1. The summed E-state index contributed by atoms with van der Waals surface area (Å²) >= 11 is 1.77. The van der Waals surface area contributed by atoms with Crippen LogP contribution in [0.15, 0.2) is 0 Å². The second-order valence-corrected chi connectivity index (χ2v) is 6.98. The SMILES string of the molecule is CC(C)NCCCc1nnc(CCC2CCCCO2)s1. The smallest absolute Gasteiger partial charge is 0.117 e. The summed E-state index contributed by atoms with van der Waals surface area (Å²) in [6.45, 7) is 6.35. The number of rotatable bonds is 8. The van der Waals surface area contributed by atoms with Gasteiger partial charge in [-0.2, -0.15) is 0 Å². The maximum Gasteiger partial charge on any atom is 0.117 e. The minimum absolute atomic E-state index is 0.450. The van der Waals surface area contributed by atoms with Crippen LogP contribution < -0.4 is 5.32 Å². The van der Waals surface area contributed by atoms with E-state index in [0.717, 1.165) is 38.8 Å². The van der Waals surface area contributed by atoms with E-state index in [4.69, 9.17) is 4.74 Å². The molecule has 0 amide bonds. The Morgan fingerprint density at radius 3 is 2.75 bits per heavy atom. The van der Waals surface area contributed by atoms with E-state index in [1.165, 1.54) is 29.3 Å². The molecule has 20 heavy (non-hydrogen) atoms.